The first-order valence-electron chi connectivity index (χ1n) is 18.4. The molecule has 53 heavy (non-hydrogen) atoms. The van der Waals surface area contributed by atoms with Gasteiger partial charge in [0.2, 0.25) is 0 Å². The van der Waals surface area contributed by atoms with E-state index >= 15 is 0 Å². The first-order chi connectivity index (χ1) is 25.1. The van der Waals surface area contributed by atoms with E-state index in [1.807, 2.05) is 0 Å². The van der Waals surface area contributed by atoms with Crippen molar-refractivity contribution >= 4 is 0 Å². The quantitative estimate of drug-likeness (QED) is 0.104. The molecule has 0 bridgehead atoms. The summed E-state index contributed by atoms with van der Waals surface area (Å²) in [6, 6.07) is 0. The SMILES string of the molecule is C[C@@H]1O[C@@H](OC[C@H]2O[C@@H](OC3CC4C(CC(O)CC4O[C@@H]4O[C@H](CO)[C@@H](O)[C@H](O)[C@H]4O)OC3C3CCC(O)C(O)C3)[C@H](O)[C@@H](O)[C@@H]2O)[C@H](O)[C@H](O)[C@H]1O. The second kappa shape index (κ2) is 17.4. The largest absolute Gasteiger partial charge is 0.394 e. The van der Waals surface area contributed by atoms with Gasteiger partial charge in [-0.2, -0.15) is 0 Å². The van der Waals surface area contributed by atoms with Crippen LogP contribution in [0.25, 0.3) is 0 Å². The maximum absolute atomic E-state index is 11.0. The predicted octanol–water partition coefficient (Wildman–Crippen LogP) is -6.34. The summed E-state index contributed by atoms with van der Waals surface area (Å²) in [6.07, 6.45) is -28.1. The third-order valence-electron chi connectivity index (χ3n) is 11.8. The van der Waals surface area contributed by atoms with Gasteiger partial charge in [-0.25, -0.2) is 0 Å². The van der Waals surface area contributed by atoms with Crippen molar-refractivity contribution in [2.45, 2.75) is 180 Å². The molecule has 4 aliphatic heterocycles. The van der Waals surface area contributed by atoms with Crippen LogP contribution in [0.2, 0.25) is 0 Å². The summed E-state index contributed by atoms with van der Waals surface area (Å²) >= 11 is 0. The van der Waals surface area contributed by atoms with Crippen molar-refractivity contribution in [3.05, 3.63) is 0 Å². The first kappa shape index (κ1) is 41.8. The van der Waals surface area contributed by atoms with Gasteiger partial charge in [0.1, 0.15) is 67.1 Å². The molecule has 2 aliphatic carbocycles. The van der Waals surface area contributed by atoms with Crippen molar-refractivity contribution in [2.24, 2.45) is 11.8 Å². The van der Waals surface area contributed by atoms with Crippen LogP contribution in [0.5, 0.6) is 0 Å². The lowest BCUT2D eigenvalue weighted by molar-refractivity contribution is -0.351. The van der Waals surface area contributed by atoms with E-state index < -0.39 is 154 Å². The van der Waals surface area contributed by atoms with Crippen LogP contribution in [0.1, 0.15) is 45.4 Å². The molecule has 6 fully saturated rings. The molecule has 6 rings (SSSR count). The van der Waals surface area contributed by atoms with Gasteiger partial charge in [0.15, 0.2) is 18.9 Å². The van der Waals surface area contributed by atoms with E-state index in [0.29, 0.717) is 6.42 Å². The number of rotatable bonds is 9. The normalized spacial score (nSPS) is 55.4. The Morgan fingerprint density at radius 3 is 1.75 bits per heavy atom. The molecule has 0 aromatic rings. The third-order valence-corrected chi connectivity index (χ3v) is 11.8. The molecule has 13 N–H and O–H groups in total. The number of ether oxygens (including phenoxy) is 7. The minimum Gasteiger partial charge on any atom is -0.394 e. The summed E-state index contributed by atoms with van der Waals surface area (Å²) < 4.78 is 41.6. The van der Waals surface area contributed by atoms with E-state index in [0.717, 1.165) is 0 Å². The highest BCUT2D eigenvalue weighted by Crippen LogP contribution is 2.45. The minimum absolute atomic E-state index is 0.0393. The van der Waals surface area contributed by atoms with Crippen molar-refractivity contribution in [2.75, 3.05) is 13.2 Å². The Bertz CT molecular complexity index is 1170. The van der Waals surface area contributed by atoms with Gasteiger partial charge in [-0.15, -0.1) is 0 Å². The van der Waals surface area contributed by atoms with Gasteiger partial charge >= 0.3 is 0 Å². The molecule has 2 saturated carbocycles. The van der Waals surface area contributed by atoms with Gasteiger partial charge < -0.3 is 99.5 Å². The molecule has 308 valence electrons. The average molecular weight is 773 g/mol. The molecule has 9 unspecified atom stereocenters. The molecule has 4 heterocycles. The summed E-state index contributed by atoms with van der Waals surface area (Å²) in [5.41, 5.74) is 0. The van der Waals surface area contributed by atoms with Crippen LogP contribution in [0.3, 0.4) is 0 Å². The van der Waals surface area contributed by atoms with Gasteiger partial charge in [-0.1, -0.05) is 0 Å². The van der Waals surface area contributed by atoms with E-state index in [4.69, 9.17) is 33.2 Å². The summed E-state index contributed by atoms with van der Waals surface area (Å²) in [7, 11) is 0. The lowest BCUT2D eigenvalue weighted by Gasteiger charge is -2.52. The highest BCUT2D eigenvalue weighted by atomic mass is 16.7. The van der Waals surface area contributed by atoms with Crippen molar-refractivity contribution in [3.8, 4) is 0 Å². The summed E-state index contributed by atoms with van der Waals surface area (Å²) in [6.45, 7) is 0.260. The zero-order chi connectivity index (χ0) is 38.5. The van der Waals surface area contributed by atoms with Gasteiger partial charge in [0.25, 0.3) is 0 Å². The summed E-state index contributed by atoms with van der Waals surface area (Å²) in [4.78, 5) is 0. The molecule has 24 atom stereocenters. The number of aliphatic hydroxyl groups excluding tert-OH is 13. The Labute approximate surface area is 305 Å². The molecule has 0 radical (unpaired) electrons. The van der Waals surface area contributed by atoms with E-state index in [1.165, 1.54) is 6.92 Å². The Morgan fingerprint density at radius 1 is 0.528 bits per heavy atom. The van der Waals surface area contributed by atoms with Crippen molar-refractivity contribution < 1.29 is 99.5 Å². The zero-order valence-electron chi connectivity index (χ0n) is 29.2. The lowest BCUT2D eigenvalue weighted by atomic mass is 9.72. The van der Waals surface area contributed by atoms with Crippen LogP contribution in [-0.4, -0.2) is 214 Å². The van der Waals surface area contributed by atoms with Crippen LogP contribution in [0, 0.1) is 11.8 Å². The smallest absolute Gasteiger partial charge is 0.187 e. The van der Waals surface area contributed by atoms with Crippen LogP contribution >= 0.6 is 0 Å². The second-order valence-corrected chi connectivity index (χ2v) is 15.4. The Kier molecular flexibility index (Phi) is 13.7. The molecule has 0 aromatic heterocycles. The average Bonchev–Trinajstić information content (AvgIpc) is 3.13. The standard InChI is InChI=1S/C33H56O20/c1-10-21(38)24(41)27(44)31(48-10)47-9-20-23(40)26(43)29(46)33(53-20)51-18-7-13-16(49-30(18)11-2-3-14(36)15(37)4-11)5-12(35)6-17(13)50-32-28(45)25(42)22(39)19(8-34)52-32/h10-46H,2-9H2,1H3/t10-,11?,12?,13?,14?,15?,16?,17?,18?,19+,20+,21-,22+,23+,24+,25-,26-,27+,28+,29+,30?,31+,32+,33+/m0/s1. The molecule has 4 saturated heterocycles. The highest BCUT2D eigenvalue weighted by molar-refractivity contribution is 5.00. The molecule has 6 aliphatic rings. The Balaban J connectivity index is 1.20. The Morgan fingerprint density at radius 2 is 1.11 bits per heavy atom. The fourth-order valence-corrected chi connectivity index (χ4v) is 8.57. The van der Waals surface area contributed by atoms with Gasteiger partial charge in [-0.3, -0.25) is 0 Å². The molecule has 0 spiro atoms. The van der Waals surface area contributed by atoms with Crippen LogP contribution in [-0.2, 0) is 33.2 Å². The van der Waals surface area contributed by atoms with Gasteiger partial charge in [-0.05, 0) is 44.9 Å². The molecular formula is C33H56O20. The molecule has 0 aromatic carbocycles. The molecule has 20 heteroatoms. The van der Waals surface area contributed by atoms with Crippen LogP contribution in [0.4, 0.5) is 0 Å². The Hall–Kier alpha value is -0.800. The molecule has 20 nitrogen and oxygen atoms in total. The third kappa shape index (κ3) is 8.72. The van der Waals surface area contributed by atoms with Crippen molar-refractivity contribution in [1.29, 1.82) is 0 Å². The fraction of sp³-hybridized carbons (Fsp3) is 1.00. The van der Waals surface area contributed by atoms with E-state index in [9.17, 15) is 66.4 Å². The summed E-state index contributed by atoms with van der Waals surface area (Å²) in [5, 5.41) is 136. The highest BCUT2D eigenvalue weighted by Gasteiger charge is 2.54. The number of fused-ring (bicyclic) bond motifs is 1. The lowest BCUT2D eigenvalue weighted by Crippen LogP contribution is -2.63. The maximum atomic E-state index is 11.0. The minimum atomic E-state index is -1.81. The first-order valence-corrected chi connectivity index (χ1v) is 18.4. The number of aliphatic hydroxyl groups is 13. The zero-order valence-corrected chi connectivity index (χ0v) is 29.2. The van der Waals surface area contributed by atoms with Gasteiger partial charge in [0.05, 0.1) is 62.0 Å². The number of hydrogen-bond acceptors (Lipinski definition) is 20. The van der Waals surface area contributed by atoms with Crippen molar-refractivity contribution in [3.63, 3.8) is 0 Å². The summed E-state index contributed by atoms with van der Waals surface area (Å²) in [5.74, 6) is -0.956. The van der Waals surface area contributed by atoms with Crippen LogP contribution in [0.15, 0.2) is 0 Å². The van der Waals surface area contributed by atoms with Crippen LogP contribution < -0.4 is 0 Å². The monoisotopic (exact) mass is 772 g/mol. The second-order valence-electron chi connectivity index (χ2n) is 15.4. The van der Waals surface area contributed by atoms with Gasteiger partial charge in [0, 0.05) is 12.3 Å². The van der Waals surface area contributed by atoms with E-state index in [1.54, 1.807) is 0 Å². The predicted molar refractivity (Wildman–Crippen MR) is 170 cm³/mol. The van der Waals surface area contributed by atoms with E-state index in [-0.39, 0.29) is 38.0 Å². The topological polar surface area (TPSA) is 328 Å². The van der Waals surface area contributed by atoms with E-state index in [2.05, 4.69) is 0 Å². The van der Waals surface area contributed by atoms with Crippen molar-refractivity contribution in [1.82, 2.24) is 0 Å². The maximum Gasteiger partial charge on any atom is 0.187 e. The fourth-order valence-electron chi connectivity index (χ4n) is 8.57. The molecular weight excluding hydrogens is 716 g/mol. The number of hydrogen-bond donors (Lipinski definition) is 13. The molecule has 0 amide bonds.